The van der Waals surface area contributed by atoms with Crippen molar-refractivity contribution in [2.45, 2.75) is 64.2 Å². The smallest absolute Gasteiger partial charge is 0.299 e. The van der Waals surface area contributed by atoms with Crippen LogP contribution in [0.25, 0.3) is 11.0 Å². The first kappa shape index (κ1) is 29.3. The first-order valence-corrected chi connectivity index (χ1v) is 16.3. The van der Waals surface area contributed by atoms with Crippen LogP contribution in [-0.4, -0.2) is 65.3 Å². The van der Waals surface area contributed by atoms with Crippen LogP contribution in [0.1, 0.15) is 73.7 Å². The first-order chi connectivity index (χ1) is 19.6. The average molecular weight is 579 g/mol. The number of rotatable bonds is 9. The molecule has 10 heteroatoms. The summed E-state index contributed by atoms with van der Waals surface area (Å²) in [7, 11) is 0.233. The van der Waals surface area contributed by atoms with Gasteiger partial charge in [0.25, 0.3) is 0 Å². The van der Waals surface area contributed by atoms with Crippen LogP contribution in [0.4, 0.5) is 5.82 Å². The van der Waals surface area contributed by atoms with Gasteiger partial charge in [-0.1, -0.05) is 24.3 Å². The largest absolute Gasteiger partial charge is 0.335 e. The van der Waals surface area contributed by atoms with Gasteiger partial charge in [0.05, 0.1) is 24.9 Å². The molecule has 3 aromatic rings. The van der Waals surface area contributed by atoms with Gasteiger partial charge in [-0.2, -0.15) is 4.98 Å². The van der Waals surface area contributed by atoms with Gasteiger partial charge in [0.1, 0.15) is 11.2 Å². The molecule has 2 aromatic heterocycles. The molecule has 2 atom stereocenters. The Kier molecular flexibility index (Phi) is 8.79. The normalized spacial score (nSPS) is 22.8. The van der Waals surface area contributed by atoms with Crippen LogP contribution in [0, 0.1) is 17.8 Å². The Bertz CT molecular complexity index is 1550. The molecule has 1 N–H and O–H groups in total. The lowest BCUT2D eigenvalue weighted by atomic mass is 9.83. The van der Waals surface area contributed by atoms with E-state index in [1.807, 2.05) is 48.9 Å². The van der Waals surface area contributed by atoms with E-state index in [1.54, 1.807) is 10.8 Å². The van der Waals surface area contributed by atoms with Crippen molar-refractivity contribution in [3.05, 3.63) is 54.0 Å². The van der Waals surface area contributed by atoms with E-state index >= 15 is 0 Å². The van der Waals surface area contributed by atoms with Crippen LogP contribution in [0.3, 0.4) is 0 Å². The number of hydrogen-bond acceptors (Lipinski definition) is 6. The molecule has 0 bridgehead atoms. The van der Waals surface area contributed by atoms with Crippen molar-refractivity contribution in [1.29, 1.82) is 0 Å². The zero-order chi connectivity index (χ0) is 29.1. The van der Waals surface area contributed by atoms with E-state index in [4.69, 9.17) is 0 Å². The van der Waals surface area contributed by atoms with E-state index in [0.29, 0.717) is 23.8 Å². The van der Waals surface area contributed by atoms with E-state index in [-0.39, 0.29) is 29.4 Å². The molecule has 41 heavy (non-hydrogen) atoms. The zero-order valence-electron chi connectivity index (χ0n) is 24.1. The second kappa shape index (κ2) is 12.3. The van der Waals surface area contributed by atoms with Crippen LogP contribution >= 0.6 is 0 Å². The lowest BCUT2D eigenvalue weighted by Gasteiger charge is -2.25. The van der Waals surface area contributed by atoms with E-state index in [1.165, 1.54) is 13.4 Å². The van der Waals surface area contributed by atoms with Crippen molar-refractivity contribution >= 4 is 44.8 Å². The summed E-state index contributed by atoms with van der Waals surface area (Å²) in [6.45, 7) is 1.91. The molecule has 2 unspecified atom stereocenters. The van der Waals surface area contributed by atoms with Gasteiger partial charge in [0.2, 0.25) is 22.3 Å². The van der Waals surface area contributed by atoms with E-state index in [2.05, 4.69) is 20.9 Å². The average Bonchev–Trinajstić information content (AvgIpc) is 3.59. The maximum atomic E-state index is 13.6. The van der Waals surface area contributed by atoms with Gasteiger partial charge in [0, 0.05) is 24.5 Å². The molecule has 5 rings (SSSR count). The van der Waals surface area contributed by atoms with Crippen LogP contribution in [0.5, 0.6) is 0 Å². The van der Waals surface area contributed by atoms with E-state index in [0.717, 1.165) is 67.3 Å². The minimum Gasteiger partial charge on any atom is -0.299 e. The summed E-state index contributed by atoms with van der Waals surface area (Å²) < 4.78 is 29.9. The Morgan fingerprint density at radius 2 is 1.85 bits per heavy atom. The molecule has 2 saturated carbocycles. The third kappa shape index (κ3) is 6.64. The highest BCUT2D eigenvalue weighted by atomic mass is 32.2. The number of ketones is 1. The molecule has 0 aliphatic heterocycles. The molecule has 218 valence electrons. The predicted molar refractivity (Wildman–Crippen MR) is 159 cm³/mol. The van der Waals surface area contributed by atoms with Crippen molar-refractivity contribution in [3.8, 4) is 0 Å². The lowest BCUT2D eigenvalue weighted by Crippen LogP contribution is -2.29. The number of carbonyl (C=O) groups is 2. The zero-order valence-corrected chi connectivity index (χ0v) is 24.9. The summed E-state index contributed by atoms with van der Waals surface area (Å²) in [6, 6.07) is 9.96. The fraction of sp³-hybridized carbons (Fsp3) is 0.516. The second-order valence-corrected chi connectivity index (χ2v) is 13.7. The molecule has 2 aliphatic carbocycles. The number of Topliss-reactive ketones (excluding diaryl/α,β-unsaturated/α-hetero) is 1. The van der Waals surface area contributed by atoms with Gasteiger partial charge in [-0.25, -0.2) is 17.7 Å². The number of hydrogen-bond donors (Lipinski definition) is 1. The van der Waals surface area contributed by atoms with Crippen LogP contribution in [0.15, 0.2) is 42.9 Å². The number of aromatic nitrogens is 3. The molecule has 2 fully saturated rings. The Balaban J connectivity index is 1.27. The molecule has 0 amide bonds. The lowest BCUT2D eigenvalue weighted by molar-refractivity contribution is -0.405. The van der Waals surface area contributed by atoms with E-state index in [9.17, 15) is 18.0 Å². The molecular formula is C31H40N5O4S+. The number of carbonyl (C=O) groups excluding carboxylic acids is 2. The topological polar surface area (TPSA) is 114 Å². The minimum atomic E-state index is -3.19. The second-order valence-electron chi connectivity index (χ2n) is 11.7. The Morgan fingerprint density at radius 1 is 1.12 bits per heavy atom. The van der Waals surface area contributed by atoms with Gasteiger partial charge in [-0.15, -0.1) is 0 Å². The predicted octanol–water partition coefficient (Wildman–Crippen LogP) is 4.49. The first-order valence-electron chi connectivity index (χ1n) is 14.6. The van der Waals surface area contributed by atoms with E-state index < -0.39 is 10.0 Å². The Morgan fingerprint density at radius 3 is 2.51 bits per heavy atom. The molecule has 1 aromatic carbocycles. The molecule has 9 nitrogen and oxygen atoms in total. The van der Waals surface area contributed by atoms with Crippen LogP contribution in [0.2, 0.25) is 0 Å². The summed E-state index contributed by atoms with van der Waals surface area (Å²) in [6.07, 6.45) is 12.4. The highest BCUT2D eigenvalue weighted by Crippen LogP contribution is 2.31. The molecule has 0 saturated heterocycles. The Labute approximate surface area is 242 Å². The van der Waals surface area contributed by atoms with Gasteiger partial charge < -0.3 is 0 Å². The molecule has 0 spiro atoms. The van der Waals surface area contributed by atoms with Gasteiger partial charge in [-0.05, 0) is 87.0 Å². The third-order valence-corrected chi connectivity index (χ3v) is 10.4. The summed E-state index contributed by atoms with van der Waals surface area (Å²) in [5.41, 5.74) is 2.63. The van der Waals surface area contributed by atoms with Crippen molar-refractivity contribution in [2.24, 2.45) is 17.8 Å². The molecule has 0 radical (unpaired) electrons. The Hall–Kier alpha value is -3.24. The fourth-order valence-corrected chi connectivity index (χ4v) is 7.48. The number of fused-ring (bicyclic) bond motifs is 1. The van der Waals surface area contributed by atoms with Gasteiger partial charge in [-0.3, -0.25) is 14.2 Å². The van der Waals surface area contributed by atoms with Crippen molar-refractivity contribution in [3.63, 3.8) is 0 Å². The summed E-state index contributed by atoms with van der Waals surface area (Å²) in [4.78, 5) is 34.6. The van der Waals surface area contributed by atoms with Gasteiger partial charge in [0.15, 0.2) is 5.65 Å². The highest BCUT2D eigenvalue weighted by Gasteiger charge is 2.28. The summed E-state index contributed by atoms with van der Waals surface area (Å²) in [5, 5.41) is 0.803. The fourth-order valence-electron chi connectivity index (χ4n) is 6.36. The molecular weight excluding hydrogens is 538 g/mol. The molecule has 2 heterocycles. The van der Waals surface area contributed by atoms with Gasteiger partial charge >= 0.3 is 5.82 Å². The van der Waals surface area contributed by atoms with Crippen LogP contribution in [-0.2, 0) is 21.2 Å². The monoisotopic (exact) mass is 578 g/mol. The van der Waals surface area contributed by atoms with Crippen LogP contribution < -0.4 is 4.72 Å². The maximum Gasteiger partial charge on any atom is 0.335 e. The number of nitrogens with zero attached hydrogens (tertiary/aromatic N) is 4. The number of sulfonamides is 1. The SMILES string of the molecule is CNS(=O)(=O)CC1CCC(C=[N+](C)c2ncnc3c2ccn3C(=O)C(C)c2ccc(CC3CCCC3=O)cc2)CC1. The quantitative estimate of drug-likeness (QED) is 0.296. The van der Waals surface area contributed by atoms with Crippen molar-refractivity contribution in [1.82, 2.24) is 19.3 Å². The van der Waals surface area contributed by atoms with Crippen molar-refractivity contribution < 1.29 is 22.6 Å². The highest BCUT2D eigenvalue weighted by molar-refractivity contribution is 7.89. The minimum absolute atomic E-state index is 0.0650. The molecule has 2 aliphatic rings. The number of benzene rings is 1. The third-order valence-electron chi connectivity index (χ3n) is 8.89. The number of nitrogens with one attached hydrogen (secondary N) is 1. The summed E-state index contributed by atoms with van der Waals surface area (Å²) >= 11 is 0. The summed E-state index contributed by atoms with van der Waals surface area (Å²) in [5.74, 6) is 1.51. The van der Waals surface area contributed by atoms with Crippen molar-refractivity contribution in [2.75, 3.05) is 19.8 Å². The maximum absolute atomic E-state index is 13.6. The standard InChI is InChI=1S/C31H40N5O4S/c1-21(25-13-11-22(12-14-25)17-26-5-4-6-28(26)37)31(38)36-16-15-27-29(33-20-34-30(27)36)35(3)18-23-7-9-24(10-8-23)19-41(39,40)32-2/h11-16,18,20-21,23-24,26,32H,4-10,17,19H2,1-3H3/q+1.